The Labute approximate surface area is 132 Å². The van der Waals surface area contributed by atoms with E-state index >= 15 is 0 Å². The van der Waals surface area contributed by atoms with Crippen molar-refractivity contribution in [1.29, 1.82) is 0 Å². The third-order valence-electron chi connectivity index (χ3n) is 3.01. The van der Waals surface area contributed by atoms with Gasteiger partial charge in [-0.2, -0.15) is 11.8 Å². The zero-order valence-corrected chi connectivity index (χ0v) is 13.9. The Morgan fingerprint density at radius 3 is 2.67 bits per heavy atom. The molecule has 0 aromatic rings. The van der Waals surface area contributed by atoms with Gasteiger partial charge in [0.1, 0.15) is 6.17 Å². The van der Waals surface area contributed by atoms with Crippen LogP contribution in [0.3, 0.4) is 0 Å². The number of hydrogen-bond donors (Lipinski definition) is 1. The predicted octanol–water partition coefficient (Wildman–Crippen LogP) is 5.40. The summed E-state index contributed by atoms with van der Waals surface area (Å²) >= 11 is 1.51. The molecule has 0 aromatic carbocycles. The monoisotopic (exact) mass is 316 g/mol. The van der Waals surface area contributed by atoms with Crippen LogP contribution in [0.4, 0.5) is 4.39 Å². The van der Waals surface area contributed by atoms with Crippen LogP contribution in [-0.2, 0) is 4.79 Å². The van der Waals surface area contributed by atoms with E-state index in [4.69, 9.17) is 5.11 Å². The maximum atomic E-state index is 13.5. The van der Waals surface area contributed by atoms with E-state index in [1.807, 2.05) is 12.2 Å². The second kappa shape index (κ2) is 15.6. The number of carboxylic acids is 1. The van der Waals surface area contributed by atoms with E-state index in [1.54, 1.807) is 0 Å². The third-order valence-corrected chi connectivity index (χ3v) is 4.02. The van der Waals surface area contributed by atoms with E-state index < -0.39 is 12.1 Å². The smallest absolute Gasteiger partial charge is 0.304 e. The molecular formula is C17H29FO2S. The van der Waals surface area contributed by atoms with Crippen LogP contribution >= 0.6 is 11.8 Å². The third kappa shape index (κ3) is 17.2. The fraction of sp³-hybridized carbons (Fsp3) is 0.706. The van der Waals surface area contributed by atoms with Gasteiger partial charge in [-0.05, 0) is 37.9 Å². The summed E-state index contributed by atoms with van der Waals surface area (Å²) < 4.78 is 13.5. The van der Waals surface area contributed by atoms with E-state index in [0.717, 1.165) is 12.8 Å². The van der Waals surface area contributed by atoms with Crippen molar-refractivity contribution in [2.75, 3.05) is 11.5 Å². The number of rotatable bonds is 14. The first-order valence-electron chi connectivity index (χ1n) is 7.90. The SMILES string of the molecule is CCCCC/C=C\C/C=C\CC(F)CCSCCC(=O)O. The van der Waals surface area contributed by atoms with E-state index in [9.17, 15) is 9.18 Å². The molecule has 21 heavy (non-hydrogen) atoms. The van der Waals surface area contributed by atoms with Gasteiger partial charge in [0.2, 0.25) is 0 Å². The number of alkyl halides is 1. The largest absolute Gasteiger partial charge is 0.481 e. The second-order valence-corrected chi connectivity index (χ2v) is 6.28. The normalized spacial score (nSPS) is 13.2. The Morgan fingerprint density at radius 2 is 1.95 bits per heavy atom. The number of hydrogen-bond acceptors (Lipinski definition) is 2. The Balaban J connectivity index is 3.40. The van der Waals surface area contributed by atoms with Crippen molar-refractivity contribution in [3.63, 3.8) is 0 Å². The molecule has 0 saturated heterocycles. The molecule has 0 fully saturated rings. The van der Waals surface area contributed by atoms with Gasteiger partial charge < -0.3 is 5.11 Å². The molecule has 0 heterocycles. The highest BCUT2D eigenvalue weighted by molar-refractivity contribution is 7.99. The topological polar surface area (TPSA) is 37.3 Å². The van der Waals surface area contributed by atoms with E-state index in [-0.39, 0.29) is 6.42 Å². The molecule has 0 aromatic heterocycles. The minimum atomic E-state index is -0.813. The molecular weight excluding hydrogens is 287 g/mol. The molecule has 2 nitrogen and oxygen atoms in total. The maximum absolute atomic E-state index is 13.5. The van der Waals surface area contributed by atoms with Gasteiger partial charge in [-0.1, -0.05) is 44.1 Å². The summed E-state index contributed by atoms with van der Waals surface area (Å²) in [6.45, 7) is 2.20. The zero-order chi connectivity index (χ0) is 15.8. The number of unbranched alkanes of at least 4 members (excludes halogenated alkanes) is 3. The fourth-order valence-electron chi connectivity index (χ4n) is 1.74. The highest BCUT2D eigenvalue weighted by Crippen LogP contribution is 2.11. The number of carbonyl (C=O) groups is 1. The molecule has 1 atom stereocenters. The van der Waals surface area contributed by atoms with Crippen molar-refractivity contribution < 1.29 is 14.3 Å². The Hall–Kier alpha value is -0.770. The Kier molecular flexibility index (Phi) is 15.0. The van der Waals surface area contributed by atoms with Gasteiger partial charge in [0.15, 0.2) is 0 Å². The van der Waals surface area contributed by atoms with Crippen molar-refractivity contribution in [2.24, 2.45) is 0 Å². The van der Waals surface area contributed by atoms with Gasteiger partial charge in [0.25, 0.3) is 0 Å². The van der Waals surface area contributed by atoms with Crippen LogP contribution in [0, 0.1) is 0 Å². The molecule has 0 spiro atoms. The van der Waals surface area contributed by atoms with Crippen molar-refractivity contribution in [2.45, 2.75) is 64.5 Å². The lowest BCUT2D eigenvalue weighted by Gasteiger charge is -2.04. The Bertz CT molecular complexity index is 303. The van der Waals surface area contributed by atoms with Crippen LogP contribution < -0.4 is 0 Å². The molecule has 1 unspecified atom stereocenters. The summed E-state index contributed by atoms with van der Waals surface area (Å²) in [5.74, 6) is 0.477. The van der Waals surface area contributed by atoms with Crippen LogP contribution in [0.25, 0.3) is 0 Å². The molecule has 0 aliphatic heterocycles. The van der Waals surface area contributed by atoms with Crippen LogP contribution in [0.5, 0.6) is 0 Å². The summed E-state index contributed by atoms with van der Waals surface area (Å²) in [5, 5.41) is 8.47. The van der Waals surface area contributed by atoms with Crippen LogP contribution in [-0.4, -0.2) is 28.8 Å². The van der Waals surface area contributed by atoms with Crippen molar-refractivity contribution in [3.8, 4) is 0 Å². The van der Waals surface area contributed by atoms with Crippen LogP contribution in [0.15, 0.2) is 24.3 Å². The molecule has 0 saturated carbocycles. The standard InChI is InChI=1S/C17H29FO2S/c1-2-3-4-5-6-7-8-9-10-11-16(18)12-14-21-15-13-17(19)20/h6-7,9-10,16H,2-5,8,11-15H2,1H3,(H,19,20)/b7-6-,10-9-. The maximum Gasteiger partial charge on any atom is 0.304 e. The first-order valence-corrected chi connectivity index (χ1v) is 9.05. The molecule has 4 heteroatoms. The van der Waals surface area contributed by atoms with Gasteiger partial charge in [0, 0.05) is 5.75 Å². The summed E-state index contributed by atoms with van der Waals surface area (Å²) in [7, 11) is 0. The summed E-state index contributed by atoms with van der Waals surface area (Å²) in [5.41, 5.74) is 0. The highest BCUT2D eigenvalue weighted by atomic mass is 32.2. The molecule has 0 aliphatic rings. The average Bonchev–Trinajstić information content (AvgIpc) is 2.45. The first-order chi connectivity index (χ1) is 10.2. The quantitative estimate of drug-likeness (QED) is 0.344. The minimum Gasteiger partial charge on any atom is -0.481 e. The van der Waals surface area contributed by atoms with Gasteiger partial charge in [-0.3, -0.25) is 4.79 Å². The molecule has 0 rings (SSSR count). The predicted molar refractivity (Wildman–Crippen MR) is 90.7 cm³/mol. The Morgan fingerprint density at radius 1 is 1.19 bits per heavy atom. The minimum absolute atomic E-state index is 0.159. The molecule has 0 bridgehead atoms. The summed E-state index contributed by atoms with van der Waals surface area (Å²) in [6.07, 6.45) is 14.4. The van der Waals surface area contributed by atoms with Crippen molar-refractivity contribution >= 4 is 17.7 Å². The summed E-state index contributed by atoms with van der Waals surface area (Å²) in [6, 6.07) is 0. The van der Waals surface area contributed by atoms with E-state index in [0.29, 0.717) is 24.3 Å². The lowest BCUT2D eigenvalue weighted by molar-refractivity contribution is -0.136. The molecule has 0 amide bonds. The van der Waals surface area contributed by atoms with Gasteiger partial charge in [-0.15, -0.1) is 0 Å². The lowest BCUT2D eigenvalue weighted by Crippen LogP contribution is -2.01. The lowest BCUT2D eigenvalue weighted by atomic mass is 10.2. The summed E-state index contributed by atoms with van der Waals surface area (Å²) in [4.78, 5) is 10.3. The number of halogens is 1. The van der Waals surface area contributed by atoms with E-state index in [1.165, 1.54) is 31.0 Å². The molecule has 122 valence electrons. The second-order valence-electron chi connectivity index (χ2n) is 5.05. The first kappa shape index (κ1) is 20.2. The zero-order valence-electron chi connectivity index (χ0n) is 13.1. The molecule has 0 aliphatic carbocycles. The van der Waals surface area contributed by atoms with Crippen LogP contribution in [0.1, 0.15) is 58.3 Å². The molecule has 1 N–H and O–H groups in total. The fourth-order valence-corrected chi connectivity index (χ4v) is 2.68. The number of carboxylic acid groups (broad SMARTS) is 1. The van der Waals surface area contributed by atoms with Gasteiger partial charge >= 0.3 is 5.97 Å². The number of aliphatic carboxylic acids is 1. The van der Waals surface area contributed by atoms with Gasteiger partial charge in [-0.25, -0.2) is 4.39 Å². The van der Waals surface area contributed by atoms with Gasteiger partial charge in [0.05, 0.1) is 6.42 Å². The van der Waals surface area contributed by atoms with Crippen molar-refractivity contribution in [3.05, 3.63) is 24.3 Å². The molecule has 0 radical (unpaired) electrons. The van der Waals surface area contributed by atoms with Crippen LogP contribution in [0.2, 0.25) is 0 Å². The number of allylic oxidation sites excluding steroid dienone is 4. The highest BCUT2D eigenvalue weighted by Gasteiger charge is 2.04. The number of thioether (sulfide) groups is 1. The van der Waals surface area contributed by atoms with Crippen molar-refractivity contribution in [1.82, 2.24) is 0 Å². The average molecular weight is 316 g/mol. The van der Waals surface area contributed by atoms with E-state index in [2.05, 4.69) is 19.1 Å².